The molecule has 0 aliphatic heterocycles. The van der Waals surface area contributed by atoms with E-state index in [1.54, 1.807) is 0 Å². The van der Waals surface area contributed by atoms with Crippen molar-refractivity contribution >= 4 is 0 Å². The van der Waals surface area contributed by atoms with Crippen molar-refractivity contribution in [1.29, 1.82) is 0 Å². The van der Waals surface area contributed by atoms with E-state index >= 15 is 0 Å². The molecule has 0 bridgehead atoms. The largest absolute Gasteiger partial charge is 0.312 e. The molecule has 2 heteroatoms. The summed E-state index contributed by atoms with van der Waals surface area (Å²) in [7, 11) is 2.36. The first-order valence-electron chi connectivity index (χ1n) is 7.44. The molecule has 2 aliphatic rings. The average Bonchev–Trinajstić information content (AvgIpc) is 2.66. The first-order valence-corrected chi connectivity index (χ1v) is 7.44. The van der Waals surface area contributed by atoms with Crippen molar-refractivity contribution in [2.45, 2.75) is 76.9 Å². The fraction of sp³-hybridized carbons (Fsp3) is 1.00. The minimum atomic E-state index is 0.270. The van der Waals surface area contributed by atoms with E-state index < -0.39 is 0 Å². The molecule has 0 aromatic heterocycles. The van der Waals surface area contributed by atoms with E-state index in [0.717, 1.165) is 18.0 Å². The van der Waals surface area contributed by atoms with Gasteiger partial charge in [0.25, 0.3) is 0 Å². The van der Waals surface area contributed by atoms with E-state index in [2.05, 4.69) is 38.0 Å². The van der Waals surface area contributed by atoms with Crippen LogP contribution in [0.1, 0.15) is 59.3 Å². The molecule has 0 aromatic rings. The second-order valence-electron chi connectivity index (χ2n) is 7.14. The minimum absolute atomic E-state index is 0.270. The molecule has 0 radical (unpaired) electrons. The lowest BCUT2D eigenvalue weighted by atomic mass is 9.77. The molecule has 100 valence electrons. The van der Waals surface area contributed by atoms with Crippen molar-refractivity contribution < 1.29 is 0 Å². The van der Waals surface area contributed by atoms with Crippen LogP contribution in [0.5, 0.6) is 0 Å². The fourth-order valence-corrected chi connectivity index (χ4v) is 3.35. The summed E-state index contributed by atoms with van der Waals surface area (Å²) >= 11 is 0. The summed E-state index contributed by atoms with van der Waals surface area (Å²) in [4.78, 5) is 2.70. The molecule has 1 N–H and O–H groups in total. The van der Waals surface area contributed by atoms with Crippen molar-refractivity contribution in [1.82, 2.24) is 10.2 Å². The molecule has 2 rings (SSSR count). The van der Waals surface area contributed by atoms with Crippen LogP contribution in [0.4, 0.5) is 0 Å². The van der Waals surface area contributed by atoms with Crippen molar-refractivity contribution in [2.75, 3.05) is 13.6 Å². The Morgan fingerprint density at radius 1 is 1.06 bits per heavy atom. The van der Waals surface area contributed by atoms with Gasteiger partial charge in [0.15, 0.2) is 0 Å². The maximum absolute atomic E-state index is 3.67. The Kier molecular flexibility index (Phi) is 4.14. The van der Waals surface area contributed by atoms with Gasteiger partial charge in [-0.15, -0.1) is 0 Å². The Labute approximate surface area is 107 Å². The Bertz CT molecular complexity index is 238. The Morgan fingerprint density at radius 3 is 2.18 bits per heavy atom. The minimum Gasteiger partial charge on any atom is -0.312 e. The second kappa shape index (κ2) is 5.27. The molecule has 2 aliphatic carbocycles. The molecule has 2 nitrogen and oxygen atoms in total. The van der Waals surface area contributed by atoms with E-state index in [4.69, 9.17) is 0 Å². The monoisotopic (exact) mass is 238 g/mol. The summed E-state index contributed by atoms with van der Waals surface area (Å²) in [5, 5.41) is 3.67. The van der Waals surface area contributed by atoms with Crippen LogP contribution >= 0.6 is 0 Å². The highest BCUT2D eigenvalue weighted by atomic mass is 15.2. The number of hydrogen-bond acceptors (Lipinski definition) is 2. The molecule has 2 unspecified atom stereocenters. The van der Waals surface area contributed by atoms with Crippen LogP contribution in [0.25, 0.3) is 0 Å². The SMILES string of the molecule is CN(C1CCCC1)C1CCC1CNC(C)(C)C. The molecule has 17 heavy (non-hydrogen) atoms. The average molecular weight is 238 g/mol. The van der Waals surface area contributed by atoms with Gasteiger partial charge < -0.3 is 10.2 Å². The standard InChI is InChI=1S/C15H30N2/c1-15(2,3)16-11-12-9-10-14(12)17(4)13-7-5-6-8-13/h12-14,16H,5-11H2,1-4H3. The third kappa shape index (κ3) is 3.45. The van der Waals surface area contributed by atoms with Crippen LogP contribution in [0.2, 0.25) is 0 Å². The molecule has 0 saturated heterocycles. The number of hydrogen-bond donors (Lipinski definition) is 1. The lowest BCUT2D eigenvalue weighted by molar-refractivity contribution is 0.0484. The quantitative estimate of drug-likeness (QED) is 0.810. The molecule has 2 fully saturated rings. The topological polar surface area (TPSA) is 15.3 Å². The zero-order chi connectivity index (χ0) is 12.5. The highest BCUT2D eigenvalue weighted by Gasteiger charge is 2.37. The second-order valence-corrected chi connectivity index (χ2v) is 7.14. The summed E-state index contributed by atoms with van der Waals surface area (Å²) in [5.41, 5.74) is 0.270. The summed E-state index contributed by atoms with van der Waals surface area (Å²) in [6.45, 7) is 8.00. The zero-order valence-corrected chi connectivity index (χ0v) is 12.1. The van der Waals surface area contributed by atoms with Crippen molar-refractivity contribution in [2.24, 2.45) is 5.92 Å². The van der Waals surface area contributed by atoms with E-state index in [0.29, 0.717) is 0 Å². The van der Waals surface area contributed by atoms with E-state index in [-0.39, 0.29) is 5.54 Å². The first-order chi connectivity index (χ1) is 7.97. The Balaban J connectivity index is 1.77. The van der Waals surface area contributed by atoms with Gasteiger partial charge in [0.2, 0.25) is 0 Å². The lowest BCUT2D eigenvalue weighted by Gasteiger charge is -2.46. The number of nitrogens with one attached hydrogen (secondary N) is 1. The van der Waals surface area contributed by atoms with Gasteiger partial charge in [-0.1, -0.05) is 12.8 Å². The zero-order valence-electron chi connectivity index (χ0n) is 12.1. The summed E-state index contributed by atoms with van der Waals surface area (Å²) in [5.74, 6) is 0.889. The molecule has 0 heterocycles. The molecule has 2 saturated carbocycles. The van der Waals surface area contributed by atoms with Crippen LogP contribution in [-0.2, 0) is 0 Å². The highest BCUT2D eigenvalue weighted by Crippen LogP contribution is 2.35. The van der Waals surface area contributed by atoms with Gasteiger partial charge in [-0.2, -0.15) is 0 Å². The normalized spacial score (nSPS) is 30.9. The molecule has 0 spiro atoms. The van der Waals surface area contributed by atoms with Gasteiger partial charge in [-0.3, -0.25) is 0 Å². The van der Waals surface area contributed by atoms with E-state index in [9.17, 15) is 0 Å². The maximum Gasteiger partial charge on any atom is 0.0136 e. The molecular formula is C15H30N2. The molecule has 0 amide bonds. The number of nitrogens with zero attached hydrogens (tertiary/aromatic N) is 1. The third-order valence-electron chi connectivity index (χ3n) is 4.70. The summed E-state index contributed by atoms with van der Waals surface area (Å²) < 4.78 is 0. The predicted molar refractivity (Wildman–Crippen MR) is 74.3 cm³/mol. The van der Waals surface area contributed by atoms with Crippen LogP contribution in [-0.4, -0.2) is 36.1 Å². The first kappa shape index (κ1) is 13.4. The Morgan fingerprint density at radius 2 is 1.71 bits per heavy atom. The number of rotatable bonds is 4. The molecular weight excluding hydrogens is 208 g/mol. The van der Waals surface area contributed by atoms with Gasteiger partial charge in [0.1, 0.15) is 0 Å². The predicted octanol–water partition coefficient (Wildman–Crippen LogP) is 3.03. The smallest absolute Gasteiger partial charge is 0.0136 e. The summed E-state index contributed by atoms with van der Waals surface area (Å²) in [6, 6.07) is 1.74. The van der Waals surface area contributed by atoms with E-state index in [1.165, 1.54) is 45.1 Å². The highest BCUT2D eigenvalue weighted by molar-refractivity contribution is 4.93. The van der Waals surface area contributed by atoms with Crippen molar-refractivity contribution in [3.63, 3.8) is 0 Å². The molecule has 0 aromatic carbocycles. The van der Waals surface area contributed by atoms with Gasteiger partial charge >= 0.3 is 0 Å². The van der Waals surface area contributed by atoms with Crippen LogP contribution < -0.4 is 5.32 Å². The third-order valence-corrected chi connectivity index (χ3v) is 4.70. The van der Waals surface area contributed by atoms with Crippen LogP contribution in [0.15, 0.2) is 0 Å². The van der Waals surface area contributed by atoms with Gasteiger partial charge in [-0.25, -0.2) is 0 Å². The summed E-state index contributed by atoms with van der Waals surface area (Å²) in [6.07, 6.45) is 8.62. The van der Waals surface area contributed by atoms with Gasteiger partial charge in [0, 0.05) is 17.6 Å². The van der Waals surface area contributed by atoms with Crippen LogP contribution in [0.3, 0.4) is 0 Å². The lowest BCUT2D eigenvalue weighted by Crippen LogP contribution is -2.53. The van der Waals surface area contributed by atoms with Gasteiger partial charge in [0.05, 0.1) is 0 Å². The maximum atomic E-state index is 3.67. The van der Waals surface area contributed by atoms with Crippen molar-refractivity contribution in [3.8, 4) is 0 Å². The van der Waals surface area contributed by atoms with Crippen LogP contribution in [0, 0.1) is 5.92 Å². The molecule has 2 atom stereocenters. The van der Waals surface area contributed by atoms with Crippen molar-refractivity contribution in [3.05, 3.63) is 0 Å². The van der Waals surface area contributed by atoms with Gasteiger partial charge in [-0.05, 0) is 66.0 Å². The Hall–Kier alpha value is -0.0800. The fourth-order valence-electron chi connectivity index (χ4n) is 3.35. The van der Waals surface area contributed by atoms with E-state index in [1.807, 2.05) is 0 Å².